The van der Waals surface area contributed by atoms with E-state index in [1.165, 1.54) is 0 Å². The average molecular weight is 370 g/mol. The van der Waals surface area contributed by atoms with Crippen molar-refractivity contribution in [3.8, 4) is 0 Å². The fourth-order valence-electron chi connectivity index (χ4n) is 2.84. The number of rotatable bonds is 4. The molecule has 26 heavy (non-hydrogen) atoms. The molecule has 1 amide bonds. The van der Waals surface area contributed by atoms with Crippen molar-refractivity contribution in [2.24, 2.45) is 0 Å². The average Bonchev–Trinajstić information content (AvgIpc) is 3.11. The van der Waals surface area contributed by atoms with E-state index in [1.54, 1.807) is 17.1 Å². The summed E-state index contributed by atoms with van der Waals surface area (Å²) in [4.78, 5) is 16.4. The molecule has 4 rings (SSSR count). The predicted molar refractivity (Wildman–Crippen MR) is 94.4 cm³/mol. The third-order valence-corrected chi connectivity index (χ3v) is 4.48. The second-order valence-electron chi connectivity index (χ2n) is 5.96. The van der Waals surface area contributed by atoms with Crippen LogP contribution in [0.3, 0.4) is 0 Å². The van der Waals surface area contributed by atoms with Crippen LogP contribution in [-0.4, -0.2) is 25.9 Å². The van der Waals surface area contributed by atoms with Gasteiger partial charge < -0.3 is 10.1 Å². The summed E-state index contributed by atoms with van der Waals surface area (Å²) in [6.45, 7) is 1.16. The third kappa shape index (κ3) is 3.44. The summed E-state index contributed by atoms with van der Waals surface area (Å²) in [6.07, 6.45) is 3.25. The lowest BCUT2D eigenvalue weighted by atomic mass is 10.1. The highest BCUT2D eigenvalue weighted by molar-refractivity contribution is 6.30. The number of carbonyl (C=O) groups is 1. The topological polar surface area (TPSA) is 81.9 Å². The van der Waals surface area contributed by atoms with Crippen molar-refractivity contribution >= 4 is 17.5 Å². The number of carbonyl (C=O) groups excluding carboxylic acids is 1. The van der Waals surface area contributed by atoms with Crippen LogP contribution in [0.2, 0.25) is 5.02 Å². The van der Waals surface area contributed by atoms with E-state index in [9.17, 15) is 4.79 Å². The molecule has 1 aromatic carbocycles. The molecule has 0 spiro atoms. The van der Waals surface area contributed by atoms with Crippen LogP contribution in [0, 0.1) is 0 Å². The van der Waals surface area contributed by atoms with E-state index in [2.05, 4.69) is 20.6 Å². The number of hydrogen-bond donors (Lipinski definition) is 1. The number of pyridine rings is 1. The van der Waals surface area contributed by atoms with Gasteiger partial charge in [-0.1, -0.05) is 35.0 Å². The molecule has 1 aliphatic rings. The number of nitrogens with one attached hydrogen (secondary N) is 1. The number of nitrogens with zero attached hydrogens (tertiary/aromatic N) is 4. The number of fused-ring (bicyclic) bond motifs is 1. The van der Waals surface area contributed by atoms with E-state index in [4.69, 9.17) is 16.3 Å². The van der Waals surface area contributed by atoms with Gasteiger partial charge in [-0.2, -0.15) is 0 Å². The molecule has 0 saturated carbocycles. The molecule has 0 fully saturated rings. The van der Waals surface area contributed by atoms with Crippen LogP contribution in [-0.2, 0) is 24.4 Å². The quantitative estimate of drug-likeness (QED) is 0.764. The Morgan fingerprint density at radius 2 is 2.15 bits per heavy atom. The Balaban J connectivity index is 1.45. The van der Waals surface area contributed by atoms with Crippen molar-refractivity contribution in [2.75, 3.05) is 0 Å². The molecule has 1 atom stereocenters. The molecule has 8 heteroatoms. The minimum absolute atomic E-state index is 0.146. The summed E-state index contributed by atoms with van der Waals surface area (Å²) in [5.74, 6) is -0.274. The predicted octanol–water partition coefficient (Wildman–Crippen LogP) is 2.53. The van der Waals surface area contributed by atoms with Gasteiger partial charge in [0.1, 0.15) is 6.10 Å². The van der Waals surface area contributed by atoms with Crippen LogP contribution < -0.4 is 5.32 Å². The van der Waals surface area contributed by atoms with E-state index >= 15 is 0 Å². The molecule has 3 heterocycles. The lowest BCUT2D eigenvalue weighted by molar-refractivity contribution is -0.00177. The van der Waals surface area contributed by atoms with Gasteiger partial charge in [-0.3, -0.25) is 9.78 Å². The second-order valence-corrected chi connectivity index (χ2v) is 6.40. The maximum atomic E-state index is 12.4. The van der Waals surface area contributed by atoms with Gasteiger partial charge in [0.05, 0.1) is 18.8 Å². The summed E-state index contributed by atoms with van der Waals surface area (Å²) < 4.78 is 7.63. The molecule has 0 aliphatic carbocycles. The van der Waals surface area contributed by atoms with Crippen LogP contribution in [0.4, 0.5) is 0 Å². The molecular formula is C18H16ClN5O2. The number of halogens is 1. The van der Waals surface area contributed by atoms with Crippen molar-refractivity contribution in [3.05, 3.63) is 76.3 Å². The Labute approximate surface area is 155 Å². The van der Waals surface area contributed by atoms with Gasteiger partial charge in [0, 0.05) is 24.0 Å². The third-order valence-electron chi connectivity index (χ3n) is 4.23. The molecule has 0 saturated heterocycles. The van der Waals surface area contributed by atoms with Crippen LogP contribution in [0.15, 0.2) is 48.8 Å². The SMILES string of the molecule is O=C(NCc1cccnc1)c1nnn2c1CO[C@@H](c1ccc(Cl)cc1)C2. The van der Waals surface area contributed by atoms with Crippen molar-refractivity contribution < 1.29 is 9.53 Å². The van der Waals surface area contributed by atoms with Gasteiger partial charge in [0.15, 0.2) is 5.69 Å². The Kier molecular flexibility index (Phi) is 4.64. The Bertz CT molecular complexity index is 911. The van der Waals surface area contributed by atoms with Gasteiger partial charge in [-0.25, -0.2) is 4.68 Å². The lowest BCUT2D eigenvalue weighted by Crippen LogP contribution is -2.27. The minimum Gasteiger partial charge on any atom is -0.365 e. The zero-order chi connectivity index (χ0) is 17.9. The Morgan fingerprint density at radius 1 is 1.31 bits per heavy atom. The van der Waals surface area contributed by atoms with E-state index in [1.807, 2.05) is 36.4 Å². The summed E-state index contributed by atoms with van der Waals surface area (Å²) in [7, 11) is 0. The number of amides is 1. The van der Waals surface area contributed by atoms with Gasteiger partial charge >= 0.3 is 0 Å². The monoisotopic (exact) mass is 369 g/mol. The van der Waals surface area contributed by atoms with E-state index in [-0.39, 0.29) is 18.6 Å². The smallest absolute Gasteiger partial charge is 0.274 e. The highest BCUT2D eigenvalue weighted by atomic mass is 35.5. The maximum absolute atomic E-state index is 12.4. The first-order chi connectivity index (χ1) is 12.7. The van der Waals surface area contributed by atoms with Crippen LogP contribution in [0.25, 0.3) is 0 Å². The normalized spacial score (nSPS) is 16.1. The molecule has 1 N–H and O–H groups in total. The molecule has 0 radical (unpaired) electrons. The zero-order valence-corrected chi connectivity index (χ0v) is 14.6. The highest BCUT2D eigenvalue weighted by Gasteiger charge is 2.27. The molecule has 0 unspecified atom stereocenters. The fraction of sp³-hybridized carbons (Fsp3) is 0.222. The molecule has 0 bridgehead atoms. The molecule has 7 nitrogen and oxygen atoms in total. The lowest BCUT2D eigenvalue weighted by Gasteiger charge is -2.24. The number of hydrogen-bond acceptors (Lipinski definition) is 5. The first-order valence-corrected chi connectivity index (χ1v) is 8.55. The van der Waals surface area contributed by atoms with Gasteiger partial charge in [0.25, 0.3) is 5.91 Å². The summed E-state index contributed by atoms with van der Waals surface area (Å²) in [5, 5.41) is 11.7. The van der Waals surface area contributed by atoms with Crippen molar-refractivity contribution in [1.29, 1.82) is 0 Å². The highest BCUT2D eigenvalue weighted by Crippen LogP contribution is 2.27. The van der Waals surface area contributed by atoms with E-state index in [0.29, 0.717) is 29.5 Å². The van der Waals surface area contributed by atoms with Crippen LogP contribution in [0.5, 0.6) is 0 Å². The fourth-order valence-corrected chi connectivity index (χ4v) is 2.96. The summed E-state index contributed by atoms with van der Waals surface area (Å²) in [6, 6.07) is 11.2. The van der Waals surface area contributed by atoms with Crippen LogP contribution in [0.1, 0.15) is 33.4 Å². The van der Waals surface area contributed by atoms with Crippen LogP contribution >= 0.6 is 11.6 Å². The van der Waals surface area contributed by atoms with Gasteiger partial charge in [-0.15, -0.1) is 5.10 Å². The zero-order valence-electron chi connectivity index (χ0n) is 13.8. The van der Waals surface area contributed by atoms with Gasteiger partial charge in [0.2, 0.25) is 0 Å². The standard InChI is InChI=1S/C18H16ClN5O2/c19-14-5-3-13(4-6-14)16-10-24-15(11-26-16)17(22-23-24)18(25)21-9-12-2-1-7-20-8-12/h1-8,16H,9-11H2,(H,21,25)/t16-/m1/s1. The number of benzene rings is 1. The summed E-state index contributed by atoms with van der Waals surface area (Å²) in [5.41, 5.74) is 2.90. The summed E-state index contributed by atoms with van der Waals surface area (Å²) >= 11 is 5.93. The van der Waals surface area contributed by atoms with Crippen molar-refractivity contribution in [1.82, 2.24) is 25.3 Å². The second kappa shape index (κ2) is 7.23. The molecule has 1 aliphatic heterocycles. The molecule has 132 valence electrons. The van der Waals surface area contributed by atoms with E-state index < -0.39 is 0 Å². The maximum Gasteiger partial charge on any atom is 0.274 e. The number of ether oxygens (including phenoxy) is 1. The molecular weight excluding hydrogens is 354 g/mol. The van der Waals surface area contributed by atoms with Crippen molar-refractivity contribution in [2.45, 2.75) is 25.8 Å². The van der Waals surface area contributed by atoms with E-state index in [0.717, 1.165) is 11.1 Å². The Morgan fingerprint density at radius 3 is 2.92 bits per heavy atom. The first-order valence-electron chi connectivity index (χ1n) is 8.17. The van der Waals surface area contributed by atoms with Crippen molar-refractivity contribution in [3.63, 3.8) is 0 Å². The van der Waals surface area contributed by atoms with Gasteiger partial charge in [-0.05, 0) is 29.3 Å². The molecule has 3 aromatic rings. The molecule has 2 aromatic heterocycles. The first kappa shape index (κ1) is 16.7. The Hall–Kier alpha value is -2.77. The largest absolute Gasteiger partial charge is 0.365 e. The number of aromatic nitrogens is 4. The minimum atomic E-state index is -0.274.